The monoisotopic (exact) mass is 239 g/mol. The maximum atomic E-state index is 11.8. The van der Waals surface area contributed by atoms with Gasteiger partial charge in [0.05, 0.1) is 6.54 Å². The molecule has 0 saturated heterocycles. The molecule has 0 N–H and O–H groups in total. The second kappa shape index (κ2) is 5.01. The first-order valence-corrected chi connectivity index (χ1v) is 5.62. The van der Waals surface area contributed by atoms with Gasteiger partial charge in [0.1, 0.15) is 10.5 Å². The summed E-state index contributed by atoms with van der Waals surface area (Å²) in [5.41, 5.74) is 8.42. The van der Waals surface area contributed by atoms with Crippen LogP contribution in [-0.2, 0) is 11.3 Å². The van der Waals surface area contributed by atoms with E-state index in [1.807, 2.05) is 20.8 Å². The van der Waals surface area contributed by atoms with Crippen LogP contribution in [0.15, 0.2) is 16.6 Å². The lowest BCUT2D eigenvalue weighted by atomic mass is 10.2. The Hall–Kier alpha value is -1.52. The predicted molar refractivity (Wildman–Crippen MR) is 62.3 cm³/mol. The molecule has 5 nitrogen and oxygen atoms in total. The molecule has 1 aromatic heterocycles. The summed E-state index contributed by atoms with van der Waals surface area (Å²) in [4.78, 5) is 14.9. The second-order valence-corrected chi connectivity index (χ2v) is 5.08. The van der Waals surface area contributed by atoms with Gasteiger partial charge in [-0.2, -0.15) is 0 Å². The summed E-state index contributed by atoms with van der Waals surface area (Å²) in [5, 5.41) is 5.21. The van der Waals surface area contributed by atoms with Gasteiger partial charge in [0.15, 0.2) is 0 Å². The van der Waals surface area contributed by atoms with Gasteiger partial charge < -0.3 is 4.74 Å². The molecule has 6 heteroatoms. The fraction of sp³-hybridized carbons (Fsp3) is 0.500. The maximum absolute atomic E-state index is 11.8. The van der Waals surface area contributed by atoms with Crippen LogP contribution in [0.5, 0.6) is 0 Å². The van der Waals surface area contributed by atoms with Crippen LogP contribution in [0.25, 0.3) is 10.4 Å². The van der Waals surface area contributed by atoms with Crippen molar-refractivity contribution in [1.29, 1.82) is 0 Å². The molecule has 0 bridgehead atoms. The molecule has 0 aliphatic heterocycles. The zero-order chi connectivity index (χ0) is 12.2. The lowest BCUT2D eigenvalue weighted by Crippen LogP contribution is -2.23. The predicted octanol–water partition coefficient (Wildman–Crippen LogP) is 3.51. The molecule has 0 aliphatic rings. The molecular formula is C10H13N3O2S. The molecule has 0 radical (unpaired) electrons. The van der Waals surface area contributed by atoms with E-state index < -0.39 is 5.60 Å². The fourth-order valence-electron chi connectivity index (χ4n) is 1.07. The minimum atomic E-state index is -0.517. The quantitative estimate of drug-likeness (QED) is 0.350. The van der Waals surface area contributed by atoms with Crippen molar-refractivity contribution in [3.8, 4) is 0 Å². The third-order valence-electron chi connectivity index (χ3n) is 1.64. The molecule has 1 aromatic rings. The minimum absolute atomic E-state index is 0.175. The van der Waals surface area contributed by atoms with Gasteiger partial charge >= 0.3 is 5.97 Å². The third kappa shape index (κ3) is 3.56. The van der Waals surface area contributed by atoms with E-state index >= 15 is 0 Å². The number of hydrogen-bond donors (Lipinski definition) is 0. The summed E-state index contributed by atoms with van der Waals surface area (Å²) in [5.74, 6) is -0.370. The van der Waals surface area contributed by atoms with Crippen molar-refractivity contribution >= 4 is 17.3 Å². The highest BCUT2D eigenvalue weighted by Crippen LogP contribution is 2.21. The third-order valence-corrected chi connectivity index (χ3v) is 2.57. The lowest BCUT2D eigenvalue weighted by Gasteiger charge is -2.19. The molecule has 1 rings (SSSR count). The lowest BCUT2D eigenvalue weighted by molar-refractivity contribution is 0.00742. The zero-order valence-corrected chi connectivity index (χ0v) is 10.2. The van der Waals surface area contributed by atoms with Crippen LogP contribution in [0.3, 0.4) is 0 Å². The highest BCUT2D eigenvalue weighted by molar-refractivity contribution is 7.12. The fourth-order valence-corrected chi connectivity index (χ4v) is 1.86. The Kier molecular flexibility index (Phi) is 3.93. The Morgan fingerprint density at radius 2 is 2.31 bits per heavy atom. The van der Waals surface area contributed by atoms with Crippen LogP contribution < -0.4 is 0 Å². The van der Waals surface area contributed by atoms with Crippen LogP contribution >= 0.6 is 11.3 Å². The number of thiophene rings is 1. The van der Waals surface area contributed by atoms with Crippen LogP contribution in [0.4, 0.5) is 0 Å². The van der Waals surface area contributed by atoms with Gasteiger partial charge in [0, 0.05) is 4.91 Å². The molecule has 0 aliphatic carbocycles. The molecule has 0 spiro atoms. The van der Waals surface area contributed by atoms with Gasteiger partial charge in [-0.1, -0.05) is 5.11 Å². The van der Waals surface area contributed by atoms with Crippen LogP contribution in [-0.4, -0.2) is 11.6 Å². The molecule has 0 saturated carbocycles. The summed E-state index contributed by atoms with van der Waals surface area (Å²) in [6.07, 6.45) is 0. The van der Waals surface area contributed by atoms with Gasteiger partial charge in [-0.25, -0.2) is 4.79 Å². The smallest absolute Gasteiger partial charge is 0.349 e. The van der Waals surface area contributed by atoms with Gasteiger partial charge in [-0.15, -0.1) is 11.3 Å². The van der Waals surface area contributed by atoms with Gasteiger partial charge in [-0.3, -0.25) is 0 Å². The van der Waals surface area contributed by atoms with Gasteiger partial charge in [-0.05, 0) is 43.3 Å². The van der Waals surface area contributed by atoms with E-state index in [-0.39, 0.29) is 12.5 Å². The van der Waals surface area contributed by atoms with Crippen molar-refractivity contribution in [3.05, 3.63) is 32.3 Å². The van der Waals surface area contributed by atoms with Crippen molar-refractivity contribution in [2.45, 2.75) is 32.9 Å². The summed E-state index contributed by atoms with van der Waals surface area (Å²) in [7, 11) is 0. The highest BCUT2D eigenvalue weighted by Gasteiger charge is 2.20. The Labute approximate surface area is 97.7 Å². The molecule has 86 valence electrons. The van der Waals surface area contributed by atoms with E-state index in [1.54, 1.807) is 11.4 Å². The first-order valence-electron chi connectivity index (χ1n) is 4.74. The summed E-state index contributed by atoms with van der Waals surface area (Å²) < 4.78 is 5.24. The number of carbonyl (C=O) groups is 1. The maximum Gasteiger partial charge on any atom is 0.349 e. The van der Waals surface area contributed by atoms with E-state index in [1.165, 1.54) is 11.3 Å². The standard InChI is InChI=1S/C10H13N3O2S/c1-10(2,3)15-9(14)8-7(4-5-16-8)6-12-13-11/h4-5H,6H2,1-3H3. The molecule has 16 heavy (non-hydrogen) atoms. The summed E-state index contributed by atoms with van der Waals surface area (Å²) in [6, 6.07) is 1.76. The first-order chi connectivity index (χ1) is 7.44. The number of carbonyl (C=O) groups excluding carboxylic acids is 1. The highest BCUT2D eigenvalue weighted by atomic mass is 32.1. The van der Waals surface area contributed by atoms with Crippen molar-refractivity contribution in [3.63, 3.8) is 0 Å². The molecule has 1 heterocycles. The van der Waals surface area contributed by atoms with Crippen molar-refractivity contribution in [2.24, 2.45) is 5.11 Å². The topological polar surface area (TPSA) is 75.1 Å². The Balaban J connectivity index is 2.83. The molecule has 0 atom stereocenters. The van der Waals surface area contributed by atoms with E-state index in [2.05, 4.69) is 10.0 Å². The molecule has 0 amide bonds. The average Bonchev–Trinajstić information content (AvgIpc) is 2.59. The van der Waals surface area contributed by atoms with Crippen molar-refractivity contribution < 1.29 is 9.53 Å². The normalized spacial score (nSPS) is 10.7. The number of nitrogens with zero attached hydrogens (tertiary/aromatic N) is 3. The van der Waals surface area contributed by atoms with Crippen molar-refractivity contribution in [2.75, 3.05) is 0 Å². The van der Waals surface area contributed by atoms with E-state index in [4.69, 9.17) is 10.3 Å². The summed E-state index contributed by atoms with van der Waals surface area (Å²) >= 11 is 1.29. The largest absolute Gasteiger partial charge is 0.456 e. The number of rotatable bonds is 3. The first kappa shape index (κ1) is 12.5. The number of ether oxygens (including phenoxy) is 1. The van der Waals surface area contributed by atoms with Crippen LogP contribution in [0.2, 0.25) is 0 Å². The number of hydrogen-bond acceptors (Lipinski definition) is 4. The molecule has 0 unspecified atom stereocenters. The van der Waals surface area contributed by atoms with E-state index in [9.17, 15) is 4.79 Å². The zero-order valence-electron chi connectivity index (χ0n) is 9.43. The molecule has 0 aromatic carbocycles. The summed E-state index contributed by atoms with van der Waals surface area (Å²) in [6.45, 7) is 5.61. The average molecular weight is 239 g/mol. The van der Waals surface area contributed by atoms with E-state index in [0.29, 0.717) is 10.4 Å². The van der Waals surface area contributed by atoms with Crippen LogP contribution in [0, 0.1) is 0 Å². The van der Waals surface area contributed by atoms with Crippen LogP contribution in [0.1, 0.15) is 36.0 Å². The second-order valence-electron chi connectivity index (χ2n) is 4.17. The van der Waals surface area contributed by atoms with Gasteiger partial charge in [0.25, 0.3) is 0 Å². The Bertz CT molecular complexity index is 428. The minimum Gasteiger partial charge on any atom is -0.456 e. The van der Waals surface area contributed by atoms with E-state index in [0.717, 1.165) is 0 Å². The SMILES string of the molecule is CC(C)(C)OC(=O)c1sccc1CN=[N+]=[N-]. The molecule has 0 fully saturated rings. The van der Waals surface area contributed by atoms with Crippen molar-refractivity contribution in [1.82, 2.24) is 0 Å². The number of azide groups is 1. The Morgan fingerprint density at radius 1 is 1.62 bits per heavy atom. The molecular weight excluding hydrogens is 226 g/mol. The number of esters is 1. The van der Waals surface area contributed by atoms with Gasteiger partial charge in [0.2, 0.25) is 0 Å². The Morgan fingerprint density at radius 3 is 2.88 bits per heavy atom.